The molecule has 5 nitrogen and oxygen atoms in total. The Hall–Kier alpha value is -3.34. The van der Waals surface area contributed by atoms with Crippen LogP contribution in [0.3, 0.4) is 0 Å². The summed E-state index contributed by atoms with van der Waals surface area (Å²) in [6, 6.07) is 18.4. The van der Waals surface area contributed by atoms with E-state index in [-0.39, 0.29) is 0 Å². The minimum atomic E-state index is 0.658. The van der Waals surface area contributed by atoms with Gasteiger partial charge in [0.1, 0.15) is 11.6 Å². The monoisotopic (exact) mass is 372 g/mol. The number of nitrogens with one attached hydrogen (secondary N) is 1. The van der Waals surface area contributed by atoms with Crippen LogP contribution in [0, 0.1) is 20.8 Å². The summed E-state index contributed by atoms with van der Waals surface area (Å²) in [5.74, 6) is 1.74. The maximum Gasteiger partial charge on any atom is 0.161 e. The lowest BCUT2D eigenvalue weighted by molar-refractivity contribution is 0.340. The van der Waals surface area contributed by atoms with Gasteiger partial charge in [0.05, 0.1) is 12.3 Å². The normalized spacial score (nSPS) is 11.0. The second kappa shape index (κ2) is 7.35. The number of ether oxygens (including phenoxy) is 1. The number of benzene rings is 2. The maximum absolute atomic E-state index is 5.52. The van der Waals surface area contributed by atoms with E-state index in [1.807, 2.05) is 48.7 Å². The van der Waals surface area contributed by atoms with E-state index in [0.29, 0.717) is 6.61 Å². The second-order valence-electron chi connectivity index (χ2n) is 6.94. The molecule has 0 aliphatic heterocycles. The quantitative estimate of drug-likeness (QED) is 0.505. The van der Waals surface area contributed by atoms with Crippen LogP contribution in [0.2, 0.25) is 0 Å². The molecule has 4 aromatic rings. The highest BCUT2D eigenvalue weighted by atomic mass is 16.5. The summed E-state index contributed by atoms with van der Waals surface area (Å²) in [4.78, 5) is 4.72. The zero-order chi connectivity index (χ0) is 19.7. The molecule has 28 heavy (non-hydrogen) atoms. The first kappa shape index (κ1) is 18.0. The van der Waals surface area contributed by atoms with Crippen LogP contribution < -0.4 is 10.1 Å². The zero-order valence-corrected chi connectivity index (χ0v) is 16.7. The van der Waals surface area contributed by atoms with Gasteiger partial charge in [-0.05, 0) is 52.0 Å². The second-order valence-corrected chi connectivity index (χ2v) is 6.94. The summed E-state index contributed by atoms with van der Waals surface area (Å²) in [6.45, 7) is 8.80. The molecule has 0 spiro atoms. The van der Waals surface area contributed by atoms with Crippen molar-refractivity contribution in [1.29, 1.82) is 0 Å². The molecule has 0 bridgehead atoms. The Bertz CT molecular complexity index is 1110. The van der Waals surface area contributed by atoms with Crippen molar-refractivity contribution < 1.29 is 4.74 Å². The van der Waals surface area contributed by atoms with Gasteiger partial charge in [0, 0.05) is 28.6 Å². The summed E-state index contributed by atoms with van der Waals surface area (Å²) >= 11 is 0. The molecule has 0 atom stereocenters. The number of aromatic nitrogens is 3. The van der Waals surface area contributed by atoms with Gasteiger partial charge in [-0.2, -0.15) is 9.61 Å². The van der Waals surface area contributed by atoms with Crippen molar-refractivity contribution in [1.82, 2.24) is 14.6 Å². The average molecular weight is 372 g/mol. The molecule has 4 rings (SSSR count). The standard InChI is InChI=1S/C23H24N4O/c1-5-28-20-12-10-19(11-13-20)25-21-14-16(3)24-23-17(4)22(26-27(21)23)18-8-6-15(2)7-9-18/h6-14,25H,5H2,1-4H3. The number of fused-ring (bicyclic) bond motifs is 1. The lowest BCUT2D eigenvalue weighted by Gasteiger charge is -2.10. The van der Waals surface area contributed by atoms with Gasteiger partial charge in [0.25, 0.3) is 0 Å². The highest BCUT2D eigenvalue weighted by molar-refractivity contribution is 5.72. The molecule has 2 heterocycles. The van der Waals surface area contributed by atoms with Crippen molar-refractivity contribution in [2.24, 2.45) is 0 Å². The number of anilines is 2. The van der Waals surface area contributed by atoms with Gasteiger partial charge >= 0.3 is 0 Å². The van der Waals surface area contributed by atoms with E-state index < -0.39 is 0 Å². The minimum Gasteiger partial charge on any atom is -0.494 e. The van der Waals surface area contributed by atoms with Crippen molar-refractivity contribution in [3.8, 4) is 17.0 Å². The summed E-state index contributed by atoms with van der Waals surface area (Å²) < 4.78 is 7.40. The summed E-state index contributed by atoms with van der Waals surface area (Å²) in [5, 5.41) is 8.33. The van der Waals surface area contributed by atoms with Crippen molar-refractivity contribution in [3.63, 3.8) is 0 Å². The van der Waals surface area contributed by atoms with Gasteiger partial charge < -0.3 is 10.1 Å². The number of aryl methyl sites for hydroxylation is 3. The first-order valence-electron chi connectivity index (χ1n) is 9.49. The predicted octanol–water partition coefficient (Wildman–Crippen LogP) is 5.46. The molecule has 1 N–H and O–H groups in total. The van der Waals surface area contributed by atoms with E-state index in [9.17, 15) is 0 Å². The Labute approximate surface area is 165 Å². The third-order valence-corrected chi connectivity index (χ3v) is 4.71. The van der Waals surface area contributed by atoms with Gasteiger partial charge in [0.2, 0.25) is 0 Å². The Balaban J connectivity index is 1.76. The summed E-state index contributed by atoms with van der Waals surface area (Å²) in [6.07, 6.45) is 0. The van der Waals surface area contributed by atoms with E-state index in [1.165, 1.54) is 5.56 Å². The number of rotatable bonds is 5. The first-order chi connectivity index (χ1) is 13.5. The SMILES string of the molecule is CCOc1ccc(Nc2cc(C)nc3c(C)c(-c4ccc(C)cc4)nn23)cc1. The van der Waals surface area contributed by atoms with Crippen LogP contribution in [0.4, 0.5) is 11.5 Å². The van der Waals surface area contributed by atoms with Gasteiger partial charge in [-0.3, -0.25) is 0 Å². The molecule has 2 aromatic carbocycles. The highest BCUT2D eigenvalue weighted by Crippen LogP contribution is 2.28. The molecule has 2 aromatic heterocycles. The molecular formula is C23H24N4O. The smallest absolute Gasteiger partial charge is 0.161 e. The first-order valence-corrected chi connectivity index (χ1v) is 9.49. The van der Waals surface area contributed by atoms with E-state index in [4.69, 9.17) is 14.8 Å². The van der Waals surface area contributed by atoms with Crippen molar-refractivity contribution >= 4 is 17.2 Å². The zero-order valence-electron chi connectivity index (χ0n) is 16.7. The Morgan fingerprint density at radius 2 is 1.68 bits per heavy atom. The minimum absolute atomic E-state index is 0.658. The molecule has 0 aliphatic rings. The molecule has 0 fully saturated rings. The Morgan fingerprint density at radius 1 is 0.964 bits per heavy atom. The number of hydrogen-bond donors (Lipinski definition) is 1. The summed E-state index contributed by atoms with van der Waals surface area (Å²) in [5.41, 5.74) is 7.13. The molecule has 0 radical (unpaired) electrons. The third kappa shape index (κ3) is 3.43. The number of hydrogen-bond acceptors (Lipinski definition) is 4. The maximum atomic E-state index is 5.52. The van der Waals surface area contributed by atoms with Crippen molar-refractivity contribution in [3.05, 3.63) is 71.4 Å². The Morgan fingerprint density at radius 3 is 2.36 bits per heavy atom. The Kier molecular flexibility index (Phi) is 4.74. The van der Waals surface area contributed by atoms with Gasteiger partial charge in [-0.25, -0.2) is 4.98 Å². The topological polar surface area (TPSA) is 51.5 Å². The molecular weight excluding hydrogens is 348 g/mol. The van der Waals surface area contributed by atoms with Gasteiger partial charge in [-0.1, -0.05) is 29.8 Å². The third-order valence-electron chi connectivity index (χ3n) is 4.71. The molecule has 0 amide bonds. The fourth-order valence-corrected chi connectivity index (χ4v) is 3.27. The lowest BCUT2D eigenvalue weighted by Crippen LogP contribution is -2.02. The predicted molar refractivity (Wildman–Crippen MR) is 114 cm³/mol. The van der Waals surface area contributed by atoms with E-state index in [1.54, 1.807) is 0 Å². The van der Waals surface area contributed by atoms with Crippen LogP contribution in [0.5, 0.6) is 5.75 Å². The van der Waals surface area contributed by atoms with Crippen LogP contribution in [0.1, 0.15) is 23.7 Å². The summed E-state index contributed by atoms with van der Waals surface area (Å²) in [7, 11) is 0. The van der Waals surface area contributed by atoms with Crippen LogP contribution in [0.15, 0.2) is 54.6 Å². The van der Waals surface area contributed by atoms with Crippen LogP contribution in [0.25, 0.3) is 16.9 Å². The van der Waals surface area contributed by atoms with E-state index in [2.05, 4.69) is 43.4 Å². The van der Waals surface area contributed by atoms with E-state index in [0.717, 1.165) is 45.4 Å². The molecule has 0 aliphatic carbocycles. The van der Waals surface area contributed by atoms with Gasteiger partial charge in [0.15, 0.2) is 5.65 Å². The van der Waals surface area contributed by atoms with Crippen molar-refractivity contribution in [2.45, 2.75) is 27.7 Å². The molecule has 5 heteroatoms. The number of nitrogens with zero attached hydrogens (tertiary/aromatic N) is 3. The molecule has 142 valence electrons. The largest absolute Gasteiger partial charge is 0.494 e. The van der Waals surface area contributed by atoms with Crippen molar-refractivity contribution in [2.75, 3.05) is 11.9 Å². The molecule has 0 saturated heterocycles. The fourth-order valence-electron chi connectivity index (χ4n) is 3.27. The van der Waals surface area contributed by atoms with Crippen LogP contribution in [-0.4, -0.2) is 21.2 Å². The fraction of sp³-hybridized carbons (Fsp3) is 0.217. The molecule has 0 saturated carbocycles. The van der Waals surface area contributed by atoms with Crippen LogP contribution in [-0.2, 0) is 0 Å². The van der Waals surface area contributed by atoms with Gasteiger partial charge in [-0.15, -0.1) is 0 Å². The van der Waals surface area contributed by atoms with Crippen LogP contribution >= 0.6 is 0 Å². The lowest BCUT2D eigenvalue weighted by atomic mass is 10.1. The average Bonchev–Trinajstić information content (AvgIpc) is 3.01. The molecule has 0 unspecified atom stereocenters. The highest BCUT2D eigenvalue weighted by Gasteiger charge is 2.15. The van der Waals surface area contributed by atoms with E-state index >= 15 is 0 Å².